The second kappa shape index (κ2) is 5.41. The topological polar surface area (TPSA) is 80.8 Å². The van der Waals surface area contributed by atoms with E-state index in [-0.39, 0.29) is 17.9 Å². The molecule has 2 amide bonds. The third-order valence-corrected chi connectivity index (χ3v) is 4.84. The van der Waals surface area contributed by atoms with Gasteiger partial charge in [0.05, 0.1) is 11.8 Å². The minimum Gasteiger partial charge on any atom is -0.272 e. The number of carbonyl (C=O) groups is 2. The molecule has 1 aliphatic carbocycles. The van der Waals surface area contributed by atoms with Gasteiger partial charge in [0.15, 0.2) is 0 Å². The Morgan fingerprint density at radius 2 is 1.57 bits per heavy atom. The van der Waals surface area contributed by atoms with Crippen LogP contribution in [0.1, 0.15) is 12.8 Å². The molecule has 0 aromatic rings. The number of rotatable bonds is 5. The van der Waals surface area contributed by atoms with Crippen LogP contribution in [0.4, 0.5) is 17.6 Å². The Hall–Kier alpha value is -1.75. The van der Waals surface area contributed by atoms with Gasteiger partial charge in [-0.05, 0) is 18.9 Å². The van der Waals surface area contributed by atoms with Crippen molar-refractivity contribution in [2.45, 2.75) is 24.0 Å². The van der Waals surface area contributed by atoms with Gasteiger partial charge < -0.3 is 0 Å². The van der Waals surface area contributed by atoms with E-state index in [1.165, 1.54) is 0 Å². The molecule has 1 aliphatic heterocycles. The van der Waals surface area contributed by atoms with Gasteiger partial charge in [0, 0.05) is 0 Å². The van der Waals surface area contributed by atoms with Gasteiger partial charge in [0.1, 0.15) is 0 Å². The summed E-state index contributed by atoms with van der Waals surface area (Å²) in [6.45, 7) is 2.43. The molecule has 0 saturated carbocycles. The molecule has 2 atom stereocenters. The highest BCUT2D eigenvalue weighted by atomic mass is 32.2. The normalized spacial score (nSPS) is 25.7. The summed E-state index contributed by atoms with van der Waals surface area (Å²) in [5.41, 5.74) is 0. The number of halogens is 4. The molecule has 23 heavy (non-hydrogen) atoms. The summed E-state index contributed by atoms with van der Waals surface area (Å²) >= 11 is 0. The standard InChI is InChI=1S/C12H11F4NO5S/c1-2-11(13,14)12(15,16)23(20,21)22-17-9(18)7-5-3-4-6-8(7)10(17)19/h2-4,7-8H,1,5-6H2. The number of nitrogens with zero attached hydrogens (tertiary/aromatic N) is 1. The maximum atomic E-state index is 13.5. The maximum Gasteiger partial charge on any atom is 0.437 e. The number of fused-ring (bicyclic) bond motifs is 1. The van der Waals surface area contributed by atoms with E-state index in [9.17, 15) is 35.6 Å². The molecule has 1 saturated heterocycles. The van der Waals surface area contributed by atoms with Crippen molar-refractivity contribution in [1.29, 1.82) is 0 Å². The highest BCUT2D eigenvalue weighted by molar-refractivity contribution is 7.87. The van der Waals surface area contributed by atoms with Crippen LogP contribution in [-0.2, 0) is 24.0 Å². The van der Waals surface area contributed by atoms with E-state index < -0.39 is 51.0 Å². The van der Waals surface area contributed by atoms with Gasteiger partial charge in [-0.25, -0.2) is 0 Å². The predicted molar refractivity (Wildman–Crippen MR) is 67.3 cm³/mol. The van der Waals surface area contributed by atoms with Crippen molar-refractivity contribution < 1.29 is 39.9 Å². The molecule has 6 nitrogen and oxygen atoms in total. The fraction of sp³-hybridized carbons (Fsp3) is 0.500. The summed E-state index contributed by atoms with van der Waals surface area (Å²) in [5.74, 6) is -9.39. The number of allylic oxidation sites excluding steroid dienone is 3. The number of hydrogen-bond acceptors (Lipinski definition) is 5. The van der Waals surface area contributed by atoms with E-state index in [2.05, 4.69) is 10.9 Å². The Labute approximate surface area is 128 Å². The molecule has 0 N–H and O–H groups in total. The monoisotopic (exact) mass is 357 g/mol. The smallest absolute Gasteiger partial charge is 0.272 e. The van der Waals surface area contributed by atoms with Crippen LogP contribution >= 0.6 is 0 Å². The molecule has 2 aliphatic rings. The van der Waals surface area contributed by atoms with Gasteiger partial charge >= 0.3 is 21.3 Å². The first-order chi connectivity index (χ1) is 10.5. The van der Waals surface area contributed by atoms with Crippen molar-refractivity contribution in [3.8, 4) is 0 Å². The van der Waals surface area contributed by atoms with Gasteiger partial charge in [0.2, 0.25) is 0 Å². The molecular formula is C12H11F4NO5S. The first kappa shape index (κ1) is 17.6. The first-order valence-electron chi connectivity index (χ1n) is 6.32. The zero-order valence-electron chi connectivity index (χ0n) is 11.4. The molecule has 0 aromatic heterocycles. The van der Waals surface area contributed by atoms with Crippen LogP contribution in [0.5, 0.6) is 0 Å². The van der Waals surface area contributed by atoms with Crippen LogP contribution < -0.4 is 0 Å². The lowest BCUT2D eigenvalue weighted by molar-refractivity contribution is -0.172. The van der Waals surface area contributed by atoms with Crippen molar-refractivity contribution in [3.63, 3.8) is 0 Å². The van der Waals surface area contributed by atoms with E-state index >= 15 is 0 Å². The number of imide groups is 1. The Balaban J connectivity index is 2.30. The van der Waals surface area contributed by atoms with Crippen molar-refractivity contribution in [2.75, 3.05) is 0 Å². The molecule has 0 bridgehead atoms. The van der Waals surface area contributed by atoms with Crippen LogP contribution in [0, 0.1) is 11.8 Å². The van der Waals surface area contributed by atoms with Crippen LogP contribution in [0.25, 0.3) is 0 Å². The van der Waals surface area contributed by atoms with Crippen molar-refractivity contribution >= 4 is 21.9 Å². The first-order valence-corrected chi connectivity index (χ1v) is 7.73. The number of carbonyl (C=O) groups excluding carboxylic acids is 2. The van der Waals surface area contributed by atoms with E-state index in [1.54, 1.807) is 12.2 Å². The number of amides is 2. The zero-order valence-corrected chi connectivity index (χ0v) is 12.2. The summed E-state index contributed by atoms with van der Waals surface area (Å²) in [5, 5.41) is -6.07. The van der Waals surface area contributed by atoms with Crippen LogP contribution in [0.15, 0.2) is 24.8 Å². The molecular weight excluding hydrogens is 346 g/mol. The SMILES string of the molecule is C=CC(F)(F)C(F)(F)S(=O)(=O)ON1C(=O)C2CC=CCC2C1=O. The van der Waals surface area contributed by atoms with Gasteiger partial charge in [-0.1, -0.05) is 18.7 Å². The Bertz CT molecular complexity index is 662. The largest absolute Gasteiger partial charge is 0.437 e. The number of alkyl halides is 4. The molecule has 0 aromatic carbocycles. The second-order valence-electron chi connectivity index (χ2n) is 5.00. The summed E-state index contributed by atoms with van der Waals surface area (Å²) < 4.78 is 79.7. The minimum absolute atomic E-state index is 0.0916. The Morgan fingerprint density at radius 1 is 1.13 bits per heavy atom. The van der Waals surface area contributed by atoms with Crippen LogP contribution in [0.3, 0.4) is 0 Å². The molecule has 2 rings (SSSR count). The third-order valence-electron chi connectivity index (χ3n) is 3.60. The second-order valence-corrected chi connectivity index (χ2v) is 6.57. The molecule has 1 fully saturated rings. The van der Waals surface area contributed by atoms with Gasteiger partial charge in [-0.15, -0.1) is 9.35 Å². The molecule has 1 heterocycles. The average molecular weight is 357 g/mol. The lowest BCUT2D eigenvalue weighted by atomic mass is 9.85. The molecule has 128 valence electrons. The predicted octanol–water partition coefficient (Wildman–Crippen LogP) is 1.61. The van der Waals surface area contributed by atoms with Crippen LogP contribution in [-0.4, -0.2) is 36.5 Å². The van der Waals surface area contributed by atoms with E-state index in [4.69, 9.17) is 0 Å². The summed E-state index contributed by atoms with van der Waals surface area (Å²) in [4.78, 5) is 23.8. The summed E-state index contributed by atoms with van der Waals surface area (Å²) in [6.07, 6.45) is 2.74. The van der Waals surface area contributed by atoms with Crippen molar-refractivity contribution in [1.82, 2.24) is 5.06 Å². The van der Waals surface area contributed by atoms with E-state index in [0.29, 0.717) is 0 Å². The third kappa shape index (κ3) is 2.57. The van der Waals surface area contributed by atoms with Crippen molar-refractivity contribution in [2.24, 2.45) is 11.8 Å². The lowest BCUT2D eigenvalue weighted by Crippen LogP contribution is -2.49. The molecule has 11 heteroatoms. The van der Waals surface area contributed by atoms with E-state index in [1.807, 2.05) is 0 Å². The highest BCUT2D eigenvalue weighted by Gasteiger charge is 2.67. The Kier molecular flexibility index (Phi) is 4.14. The molecule has 0 spiro atoms. The number of hydroxylamine groups is 2. The fourth-order valence-corrected chi connectivity index (χ4v) is 3.13. The quantitative estimate of drug-likeness (QED) is 0.424. The number of hydrogen-bond donors (Lipinski definition) is 0. The van der Waals surface area contributed by atoms with E-state index in [0.717, 1.165) is 0 Å². The molecule has 0 radical (unpaired) electrons. The maximum absolute atomic E-state index is 13.5. The minimum atomic E-state index is -6.31. The van der Waals surface area contributed by atoms with Crippen molar-refractivity contribution in [3.05, 3.63) is 24.8 Å². The lowest BCUT2D eigenvalue weighted by Gasteiger charge is -2.24. The average Bonchev–Trinajstić information content (AvgIpc) is 2.72. The molecule has 2 unspecified atom stereocenters. The van der Waals surface area contributed by atoms with Gasteiger partial charge in [-0.2, -0.15) is 26.0 Å². The highest BCUT2D eigenvalue weighted by Crippen LogP contribution is 2.42. The summed E-state index contributed by atoms with van der Waals surface area (Å²) in [6, 6.07) is 0. The van der Waals surface area contributed by atoms with Crippen LogP contribution in [0.2, 0.25) is 0 Å². The van der Waals surface area contributed by atoms with Gasteiger partial charge in [-0.3, -0.25) is 9.59 Å². The summed E-state index contributed by atoms with van der Waals surface area (Å²) in [7, 11) is -6.31. The van der Waals surface area contributed by atoms with Gasteiger partial charge in [0.25, 0.3) is 11.8 Å². The Morgan fingerprint density at radius 3 is 1.96 bits per heavy atom. The zero-order chi connectivity index (χ0) is 17.6. The fourth-order valence-electron chi connectivity index (χ4n) is 2.27.